The lowest BCUT2D eigenvalue weighted by molar-refractivity contribution is -0.141. The Hall–Kier alpha value is -6.34. The van der Waals surface area contributed by atoms with Gasteiger partial charge in [-0.3, -0.25) is 9.59 Å². The van der Waals surface area contributed by atoms with E-state index in [9.17, 15) is 34.0 Å². The molecule has 466 valence electrons. The second-order valence-electron chi connectivity index (χ2n) is 23.7. The van der Waals surface area contributed by atoms with Gasteiger partial charge in [-0.1, -0.05) is 126 Å². The van der Waals surface area contributed by atoms with Crippen molar-refractivity contribution in [2.45, 2.75) is 251 Å². The van der Waals surface area contributed by atoms with Crippen LogP contribution in [0.2, 0.25) is 0 Å². The summed E-state index contributed by atoms with van der Waals surface area (Å²) in [6.45, 7) is 16.7. The van der Waals surface area contributed by atoms with Crippen molar-refractivity contribution in [1.29, 1.82) is 5.26 Å². The zero-order chi connectivity index (χ0) is 61.6. The highest BCUT2D eigenvalue weighted by molar-refractivity contribution is 8.33. The number of unbranched alkanes of at least 4 members (excludes halogenated alkanes) is 2. The average Bonchev–Trinajstić information content (AvgIpc) is 3.42. The fourth-order valence-corrected chi connectivity index (χ4v) is 18.2. The number of aromatic nitrogens is 6. The molecule has 2 unspecified atom stereocenters. The molecule has 0 bridgehead atoms. The second-order valence-corrected chi connectivity index (χ2v) is 28.3. The number of rotatable bonds is 20. The fourth-order valence-electron chi connectivity index (χ4n) is 12.7. The molecular formula is C64H74N8O12S4. The Kier molecular flexibility index (Phi) is 20.6. The zero-order valence-electron chi connectivity index (χ0n) is 50.4. The number of hydrogen-bond donors (Lipinski definition) is 0. The standard InChI is InChI=1S/C64H74N8O12S4/c1-6-10-24-35(8-3)57(73)83-47-49-50(86-63(85-49)45-41(34-65)42(59(75)79-37-26-16-12-17-27-37)55-67-53(69-71(45)55)61(77)81-39-30-20-14-21-31-39)48(84-58(74)36(9-4)25-11-7-2)52-51(47)87-64(88-52)46-44(66-5)43(60(76)80-38-28-18-13-19-29-38)56-68-54(70-72(46)56)62(78)82-40-32-22-15-23-33-40/h35-40H,6-33H2,1-4H3. The summed E-state index contributed by atoms with van der Waals surface area (Å²) >= 11 is 4.47. The van der Waals surface area contributed by atoms with E-state index in [0.717, 1.165) is 150 Å². The van der Waals surface area contributed by atoms with Crippen LogP contribution in [0.3, 0.4) is 0 Å². The van der Waals surface area contributed by atoms with Gasteiger partial charge in [0.25, 0.3) is 11.6 Å². The van der Waals surface area contributed by atoms with Crippen LogP contribution in [0.5, 0.6) is 11.5 Å². The van der Waals surface area contributed by atoms with Gasteiger partial charge in [-0.15, -0.1) is 10.2 Å². The maximum Gasteiger partial charge on any atom is 0.378 e. The van der Waals surface area contributed by atoms with Crippen LogP contribution in [0.1, 0.15) is 255 Å². The summed E-state index contributed by atoms with van der Waals surface area (Å²) in [5.41, 5.74) is -0.684. The molecule has 0 spiro atoms. The van der Waals surface area contributed by atoms with Crippen molar-refractivity contribution < 1.29 is 57.2 Å². The van der Waals surface area contributed by atoms with E-state index in [1.807, 2.05) is 27.7 Å². The molecule has 11 rings (SSSR count). The van der Waals surface area contributed by atoms with E-state index in [2.05, 4.69) is 26.0 Å². The number of carbonyl (C=O) groups is 6. The molecule has 88 heavy (non-hydrogen) atoms. The molecule has 1 aromatic carbocycles. The average molecular weight is 1280 g/mol. The van der Waals surface area contributed by atoms with Crippen LogP contribution in [0, 0.1) is 29.7 Å². The van der Waals surface area contributed by atoms with Crippen molar-refractivity contribution in [1.82, 2.24) is 29.2 Å². The van der Waals surface area contributed by atoms with Crippen molar-refractivity contribution in [2.75, 3.05) is 0 Å². The lowest BCUT2D eigenvalue weighted by Crippen LogP contribution is -2.23. The van der Waals surface area contributed by atoms with E-state index in [0.29, 0.717) is 105 Å². The largest absolute Gasteiger partial charge is 0.460 e. The van der Waals surface area contributed by atoms with Crippen molar-refractivity contribution in [3.8, 4) is 17.6 Å². The minimum Gasteiger partial charge on any atom is -0.460 e. The van der Waals surface area contributed by atoms with Gasteiger partial charge in [0, 0.05) is 0 Å². The van der Waals surface area contributed by atoms with Gasteiger partial charge in [0.05, 0.1) is 57.4 Å². The number of hydrogen-bond acceptors (Lipinski definition) is 21. The molecule has 4 fully saturated rings. The van der Waals surface area contributed by atoms with Crippen LogP contribution < -0.4 is 20.2 Å². The topological polar surface area (TPSA) is 246 Å². The first kappa shape index (κ1) is 63.2. The van der Waals surface area contributed by atoms with Gasteiger partial charge in [0.2, 0.25) is 5.69 Å². The minimum absolute atomic E-state index is 0.0635. The highest BCUT2D eigenvalue weighted by atomic mass is 32.2. The minimum atomic E-state index is -0.786. The highest BCUT2D eigenvalue weighted by Crippen LogP contribution is 2.68. The van der Waals surface area contributed by atoms with E-state index in [4.69, 9.17) is 40.1 Å². The third kappa shape index (κ3) is 13.1. The smallest absolute Gasteiger partial charge is 0.378 e. The van der Waals surface area contributed by atoms with Crippen molar-refractivity contribution >= 4 is 108 Å². The lowest BCUT2D eigenvalue weighted by atomic mass is 9.98. The summed E-state index contributed by atoms with van der Waals surface area (Å²) in [6.07, 6.45) is 20.4. The Morgan fingerprint density at radius 2 is 0.886 bits per heavy atom. The molecule has 2 aliphatic heterocycles. The van der Waals surface area contributed by atoms with Crippen molar-refractivity contribution in [2.24, 2.45) is 11.8 Å². The van der Waals surface area contributed by atoms with Crippen molar-refractivity contribution in [3.05, 3.63) is 50.5 Å². The van der Waals surface area contributed by atoms with Gasteiger partial charge in [-0.05, 0) is 128 Å². The molecule has 5 aromatic rings. The van der Waals surface area contributed by atoms with Gasteiger partial charge in [-0.2, -0.15) is 5.26 Å². The summed E-state index contributed by atoms with van der Waals surface area (Å²) < 4.78 is 41.0. The predicted molar refractivity (Wildman–Crippen MR) is 331 cm³/mol. The summed E-state index contributed by atoms with van der Waals surface area (Å²) in [7, 11) is 0. The third-order valence-corrected chi connectivity index (χ3v) is 22.8. The Labute approximate surface area is 528 Å². The van der Waals surface area contributed by atoms with Crippen LogP contribution in [-0.4, -0.2) is 89.4 Å². The molecule has 6 aliphatic rings. The van der Waals surface area contributed by atoms with Crippen LogP contribution in [0.4, 0.5) is 5.69 Å². The lowest BCUT2D eigenvalue weighted by Gasteiger charge is -2.21. The molecular weight excluding hydrogens is 1200 g/mol. The van der Waals surface area contributed by atoms with E-state index in [1.165, 1.54) is 9.03 Å². The first-order chi connectivity index (χ1) is 42.9. The summed E-state index contributed by atoms with van der Waals surface area (Å²) in [5.74, 6) is -5.52. The molecule has 24 heteroatoms. The quantitative estimate of drug-likeness (QED) is 0.0304. The maximum absolute atomic E-state index is 14.8. The van der Waals surface area contributed by atoms with Crippen molar-refractivity contribution in [3.63, 3.8) is 0 Å². The molecule has 2 atom stereocenters. The van der Waals surface area contributed by atoms with E-state index in [-0.39, 0.29) is 79.7 Å². The van der Waals surface area contributed by atoms with Gasteiger partial charge < -0.3 is 28.4 Å². The molecule has 6 heterocycles. The maximum atomic E-state index is 14.8. The summed E-state index contributed by atoms with van der Waals surface area (Å²) in [6, 6.07) is 2.26. The van der Waals surface area contributed by atoms with Crippen LogP contribution in [0.15, 0.2) is 19.6 Å². The van der Waals surface area contributed by atoms with Crippen LogP contribution in [0.25, 0.3) is 24.6 Å². The zero-order valence-corrected chi connectivity index (χ0v) is 53.6. The number of nitriles is 1. The number of esters is 6. The molecule has 20 nitrogen and oxygen atoms in total. The Balaban J connectivity index is 1.12. The highest BCUT2D eigenvalue weighted by Gasteiger charge is 2.43. The molecule has 0 saturated heterocycles. The monoisotopic (exact) mass is 1270 g/mol. The normalized spacial score (nSPS) is 18.3. The van der Waals surface area contributed by atoms with Gasteiger partial charge in [0.15, 0.2) is 22.8 Å². The first-order valence-electron chi connectivity index (χ1n) is 31.8. The molecule has 0 N–H and O–H groups in total. The van der Waals surface area contributed by atoms with E-state index >= 15 is 0 Å². The second kappa shape index (κ2) is 28.7. The van der Waals surface area contributed by atoms with E-state index < -0.39 is 59.9 Å². The third-order valence-electron chi connectivity index (χ3n) is 17.6. The summed E-state index contributed by atoms with van der Waals surface area (Å²) in [5, 5.41) is 20.9. The van der Waals surface area contributed by atoms with Gasteiger partial charge in [0.1, 0.15) is 47.0 Å². The number of thioether (sulfide) groups is 4. The Bertz CT molecular complexity index is 3450. The first-order valence-corrected chi connectivity index (χ1v) is 35.1. The number of benzene rings is 1. The predicted octanol–water partition coefficient (Wildman–Crippen LogP) is 13.8. The van der Waals surface area contributed by atoms with E-state index in [1.54, 1.807) is 0 Å². The Morgan fingerprint density at radius 3 is 1.25 bits per heavy atom. The van der Waals surface area contributed by atoms with Gasteiger partial charge in [-0.25, -0.2) is 43.0 Å². The summed E-state index contributed by atoms with van der Waals surface area (Å²) in [4.78, 5) is 101. The molecule has 4 aliphatic carbocycles. The Morgan fingerprint density at radius 1 is 0.534 bits per heavy atom. The number of nitrogens with zero attached hydrogens (tertiary/aromatic N) is 8. The molecule has 4 aromatic heterocycles. The van der Waals surface area contributed by atoms with Crippen LogP contribution in [-0.2, 0) is 28.5 Å². The SMILES string of the molecule is [C-]#[N+]c1c(C(=O)OC2CCCCC2)c2nc(C(=O)OC3CCCCC3)nn2c1=C1Sc2c(OC(=O)C(CC)CCCC)c3c(c(OC(=O)C(CC)CCCC)c2S1)SC(=c1c(C#N)c(C(=O)OC2CCCCC2)c2nc(C(=O)OC4CCCCC4)nn12)S3. The van der Waals surface area contributed by atoms with Crippen LogP contribution >= 0.6 is 47.0 Å². The number of ether oxygens (including phenoxy) is 6. The molecule has 4 saturated carbocycles. The molecule has 0 radical (unpaired) electrons. The number of carbonyl (C=O) groups excluding carboxylic acids is 6. The fraction of sp³-hybridized carbons (Fsp3) is 0.594. The molecule has 0 amide bonds. The van der Waals surface area contributed by atoms with Gasteiger partial charge >= 0.3 is 35.8 Å². The number of fused-ring (bicyclic) bond motifs is 4.